The standard InChI is InChI=1S/C21H28FN3O2S.HI/c1-3-23-21(24-13-14-28(26)16-18-9-5-4-6-10-18)25-15-17(2)27-20-12-8-7-11-19(20)22;/h4-12,17H,3,13-16H2,1-2H3,(H2,23,24,25);1H. The first-order valence-electron chi connectivity index (χ1n) is 9.40. The number of aliphatic imine (C=N–C) groups is 1. The van der Waals surface area contributed by atoms with Crippen LogP contribution in [0.25, 0.3) is 0 Å². The second-order valence-corrected chi connectivity index (χ2v) is 7.86. The second-order valence-electron chi connectivity index (χ2n) is 6.28. The van der Waals surface area contributed by atoms with Crippen molar-refractivity contribution in [3.63, 3.8) is 0 Å². The van der Waals surface area contributed by atoms with Crippen LogP contribution in [0, 0.1) is 5.82 Å². The first-order chi connectivity index (χ1) is 13.6. The van der Waals surface area contributed by atoms with Crippen LogP contribution in [-0.4, -0.2) is 41.7 Å². The normalized spacial score (nSPS) is 13.1. The Bertz CT molecular complexity index is 778. The summed E-state index contributed by atoms with van der Waals surface area (Å²) in [6.07, 6.45) is -0.278. The van der Waals surface area contributed by atoms with Gasteiger partial charge in [0.05, 0.1) is 6.54 Å². The SMILES string of the molecule is CCNC(=NCC(C)Oc1ccccc1F)NCCS(=O)Cc1ccccc1.I. The van der Waals surface area contributed by atoms with Crippen LogP contribution < -0.4 is 15.4 Å². The molecule has 2 N–H and O–H groups in total. The third-order valence-corrected chi connectivity index (χ3v) is 5.12. The quantitative estimate of drug-likeness (QED) is 0.278. The van der Waals surface area contributed by atoms with E-state index in [4.69, 9.17) is 4.74 Å². The van der Waals surface area contributed by atoms with Gasteiger partial charge in [0.2, 0.25) is 0 Å². The summed E-state index contributed by atoms with van der Waals surface area (Å²) in [6.45, 7) is 5.45. The molecule has 2 aromatic carbocycles. The predicted octanol–water partition coefficient (Wildman–Crippen LogP) is 3.72. The Hall–Kier alpha value is -1.68. The summed E-state index contributed by atoms with van der Waals surface area (Å²) < 4.78 is 31.5. The monoisotopic (exact) mass is 533 g/mol. The van der Waals surface area contributed by atoms with Gasteiger partial charge in [0, 0.05) is 35.4 Å². The first kappa shape index (κ1) is 25.4. The molecule has 0 fully saturated rings. The number of hydrogen-bond acceptors (Lipinski definition) is 3. The molecule has 0 bridgehead atoms. The van der Waals surface area contributed by atoms with E-state index in [1.54, 1.807) is 18.2 Å². The van der Waals surface area contributed by atoms with Crippen LogP contribution in [0.5, 0.6) is 5.75 Å². The van der Waals surface area contributed by atoms with Crippen LogP contribution in [0.2, 0.25) is 0 Å². The topological polar surface area (TPSA) is 62.7 Å². The summed E-state index contributed by atoms with van der Waals surface area (Å²) >= 11 is 0. The lowest BCUT2D eigenvalue weighted by molar-refractivity contribution is 0.220. The largest absolute Gasteiger partial charge is 0.486 e. The molecule has 2 rings (SSSR count). The summed E-state index contributed by atoms with van der Waals surface area (Å²) in [6, 6.07) is 16.1. The van der Waals surface area contributed by atoms with Gasteiger partial charge in [-0.25, -0.2) is 9.38 Å². The zero-order valence-corrected chi connectivity index (χ0v) is 19.9. The van der Waals surface area contributed by atoms with Crippen molar-refractivity contribution in [3.8, 4) is 5.75 Å². The van der Waals surface area contributed by atoms with Gasteiger partial charge in [-0.1, -0.05) is 42.5 Å². The number of para-hydroxylation sites is 1. The Morgan fingerprint density at radius 1 is 1.14 bits per heavy atom. The molecule has 0 heterocycles. The van der Waals surface area contributed by atoms with Gasteiger partial charge in [0.25, 0.3) is 0 Å². The fourth-order valence-corrected chi connectivity index (χ4v) is 3.51. The molecule has 8 heteroatoms. The van der Waals surface area contributed by atoms with Crippen molar-refractivity contribution in [2.24, 2.45) is 4.99 Å². The van der Waals surface area contributed by atoms with Gasteiger partial charge in [-0.3, -0.25) is 4.21 Å². The zero-order valence-electron chi connectivity index (χ0n) is 16.8. The molecule has 0 spiro atoms. The number of ether oxygens (including phenoxy) is 1. The predicted molar refractivity (Wildman–Crippen MR) is 129 cm³/mol. The lowest BCUT2D eigenvalue weighted by atomic mass is 10.2. The minimum Gasteiger partial charge on any atom is -0.486 e. The summed E-state index contributed by atoms with van der Waals surface area (Å²) in [7, 11) is -0.945. The first-order valence-corrected chi connectivity index (χ1v) is 10.9. The number of benzene rings is 2. The Kier molecular flexibility index (Phi) is 12.5. The lowest BCUT2D eigenvalue weighted by Crippen LogP contribution is -2.39. The Morgan fingerprint density at radius 3 is 2.52 bits per heavy atom. The molecule has 29 heavy (non-hydrogen) atoms. The van der Waals surface area contributed by atoms with E-state index in [1.165, 1.54) is 6.07 Å². The van der Waals surface area contributed by atoms with Crippen molar-refractivity contribution >= 4 is 40.7 Å². The zero-order chi connectivity index (χ0) is 20.2. The average molecular weight is 533 g/mol. The number of hydrogen-bond donors (Lipinski definition) is 2. The van der Waals surface area contributed by atoms with E-state index in [0.29, 0.717) is 37.1 Å². The number of nitrogens with zero attached hydrogens (tertiary/aromatic N) is 1. The highest BCUT2D eigenvalue weighted by atomic mass is 127. The molecule has 2 atom stereocenters. The molecule has 0 amide bonds. The van der Waals surface area contributed by atoms with E-state index in [1.807, 2.05) is 44.2 Å². The van der Waals surface area contributed by atoms with E-state index in [-0.39, 0.29) is 41.6 Å². The number of halogens is 2. The highest BCUT2D eigenvalue weighted by Gasteiger charge is 2.08. The van der Waals surface area contributed by atoms with E-state index in [9.17, 15) is 8.60 Å². The number of guanidine groups is 1. The molecule has 2 aromatic rings. The van der Waals surface area contributed by atoms with Gasteiger partial charge >= 0.3 is 0 Å². The summed E-state index contributed by atoms with van der Waals surface area (Å²) in [5, 5.41) is 6.33. The minimum absolute atomic E-state index is 0. The molecule has 0 radical (unpaired) electrons. The molecule has 5 nitrogen and oxygen atoms in total. The maximum absolute atomic E-state index is 13.7. The Balaban J connectivity index is 0.00000420. The molecule has 0 saturated carbocycles. The van der Waals surface area contributed by atoms with Crippen LogP contribution in [-0.2, 0) is 16.6 Å². The van der Waals surface area contributed by atoms with Crippen molar-refractivity contribution in [1.29, 1.82) is 0 Å². The van der Waals surface area contributed by atoms with Gasteiger partial charge in [0.15, 0.2) is 17.5 Å². The van der Waals surface area contributed by atoms with Crippen molar-refractivity contribution in [3.05, 3.63) is 66.0 Å². The fourth-order valence-electron chi connectivity index (χ4n) is 2.47. The van der Waals surface area contributed by atoms with Gasteiger partial charge < -0.3 is 15.4 Å². The minimum atomic E-state index is -0.945. The van der Waals surface area contributed by atoms with Crippen molar-refractivity contribution < 1.29 is 13.3 Å². The molecular formula is C21H29FIN3O2S. The molecule has 0 aliphatic heterocycles. The van der Waals surface area contributed by atoms with Crippen LogP contribution in [0.1, 0.15) is 19.4 Å². The van der Waals surface area contributed by atoms with Crippen LogP contribution in [0.15, 0.2) is 59.6 Å². The third kappa shape index (κ3) is 10.1. The second kappa shape index (κ2) is 14.3. The van der Waals surface area contributed by atoms with Gasteiger partial charge in [-0.2, -0.15) is 0 Å². The van der Waals surface area contributed by atoms with E-state index in [2.05, 4.69) is 15.6 Å². The molecule has 0 aliphatic carbocycles. The van der Waals surface area contributed by atoms with Gasteiger partial charge in [0.1, 0.15) is 6.10 Å². The summed E-state index contributed by atoms with van der Waals surface area (Å²) in [5.74, 6) is 1.54. The van der Waals surface area contributed by atoms with Crippen LogP contribution in [0.3, 0.4) is 0 Å². The maximum Gasteiger partial charge on any atom is 0.191 e. The average Bonchev–Trinajstić information content (AvgIpc) is 2.68. The third-order valence-electron chi connectivity index (χ3n) is 3.81. The smallest absolute Gasteiger partial charge is 0.191 e. The van der Waals surface area contributed by atoms with E-state index in [0.717, 1.165) is 5.56 Å². The fraction of sp³-hybridized carbons (Fsp3) is 0.381. The maximum atomic E-state index is 13.7. The number of rotatable bonds is 10. The van der Waals surface area contributed by atoms with Crippen molar-refractivity contribution in [2.75, 3.05) is 25.4 Å². The van der Waals surface area contributed by atoms with E-state index < -0.39 is 10.8 Å². The molecule has 2 unspecified atom stereocenters. The van der Waals surface area contributed by atoms with E-state index >= 15 is 0 Å². The Labute approximate surface area is 192 Å². The van der Waals surface area contributed by atoms with Crippen molar-refractivity contribution in [1.82, 2.24) is 10.6 Å². The summed E-state index contributed by atoms with van der Waals surface area (Å²) in [4.78, 5) is 4.47. The molecule has 160 valence electrons. The van der Waals surface area contributed by atoms with Crippen LogP contribution >= 0.6 is 24.0 Å². The molecule has 0 saturated heterocycles. The van der Waals surface area contributed by atoms with Crippen molar-refractivity contribution in [2.45, 2.75) is 25.7 Å². The molecule has 0 aromatic heterocycles. The van der Waals surface area contributed by atoms with Gasteiger partial charge in [-0.05, 0) is 31.5 Å². The van der Waals surface area contributed by atoms with Gasteiger partial charge in [-0.15, -0.1) is 24.0 Å². The van der Waals surface area contributed by atoms with Crippen LogP contribution in [0.4, 0.5) is 4.39 Å². The molecule has 0 aliphatic rings. The highest BCUT2D eigenvalue weighted by Crippen LogP contribution is 2.16. The highest BCUT2D eigenvalue weighted by molar-refractivity contribution is 14.0. The lowest BCUT2D eigenvalue weighted by Gasteiger charge is -2.15. The summed E-state index contributed by atoms with van der Waals surface area (Å²) in [5.41, 5.74) is 1.07. The Morgan fingerprint density at radius 2 is 1.83 bits per heavy atom. The number of nitrogens with one attached hydrogen (secondary N) is 2. The molecular weight excluding hydrogens is 504 g/mol.